The lowest BCUT2D eigenvalue weighted by atomic mass is 10.0. The van der Waals surface area contributed by atoms with Gasteiger partial charge in [0, 0.05) is 16.4 Å². The van der Waals surface area contributed by atoms with Gasteiger partial charge in [-0.15, -0.1) is 0 Å². The molecule has 0 N–H and O–H groups in total. The maximum atomic E-state index is 10.7. The van der Waals surface area contributed by atoms with Gasteiger partial charge in [0.1, 0.15) is 0 Å². The Morgan fingerprint density at radius 3 is 3.00 bits per heavy atom. The van der Waals surface area contributed by atoms with Crippen molar-refractivity contribution in [1.29, 1.82) is 0 Å². The summed E-state index contributed by atoms with van der Waals surface area (Å²) in [6, 6.07) is 5.73. The molecule has 1 aliphatic rings. The zero-order valence-corrected chi connectivity index (χ0v) is 8.50. The molecule has 0 saturated heterocycles. The summed E-state index contributed by atoms with van der Waals surface area (Å²) in [6.45, 7) is 0. The Balaban J connectivity index is 2.44. The molecule has 0 aromatic heterocycles. The molecule has 3 heteroatoms. The molecular formula is C10H8BrO2-. The number of aryl methyl sites for hydroxylation is 1. The second kappa shape index (κ2) is 3.14. The zero-order valence-electron chi connectivity index (χ0n) is 6.92. The van der Waals surface area contributed by atoms with Crippen molar-refractivity contribution in [3.05, 3.63) is 33.8 Å². The van der Waals surface area contributed by atoms with Gasteiger partial charge in [-0.25, -0.2) is 0 Å². The van der Waals surface area contributed by atoms with Crippen molar-refractivity contribution in [1.82, 2.24) is 0 Å². The van der Waals surface area contributed by atoms with Crippen LogP contribution in [0.5, 0.6) is 0 Å². The number of carbonyl (C=O) groups is 1. The summed E-state index contributed by atoms with van der Waals surface area (Å²) in [5.41, 5.74) is 2.05. The molecule has 13 heavy (non-hydrogen) atoms. The van der Waals surface area contributed by atoms with Crippen molar-refractivity contribution in [3.8, 4) is 0 Å². The van der Waals surface area contributed by atoms with E-state index in [0.717, 1.165) is 22.0 Å². The molecule has 0 unspecified atom stereocenters. The van der Waals surface area contributed by atoms with E-state index < -0.39 is 11.9 Å². The number of aliphatic carboxylic acids is 1. The van der Waals surface area contributed by atoms with Crippen LogP contribution in [-0.2, 0) is 11.2 Å². The monoisotopic (exact) mass is 239 g/mol. The number of hydrogen-bond acceptors (Lipinski definition) is 2. The number of hydrogen-bond donors (Lipinski definition) is 0. The fraction of sp³-hybridized carbons (Fsp3) is 0.300. The first kappa shape index (κ1) is 8.75. The lowest BCUT2D eigenvalue weighted by Gasteiger charge is -2.11. The second-order valence-electron chi connectivity index (χ2n) is 3.25. The van der Waals surface area contributed by atoms with Crippen LogP contribution in [0.1, 0.15) is 23.5 Å². The Morgan fingerprint density at radius 1 is 1.54 bits per heavy atom. The molecule has 0 aliphatic heterocycles. The van der Waals surface area contributed by atoms with Gasteiger partial charge in [0.25, 0.3) is 0 Å². The summed E-state index contributed by atoms with van der Waals surface area (Å²) in [7, 11) is 0. The second-order valence-corrected chi connectivity index (χ2v) is 4.17. The number of fused-ring (bicyclic) bond motifs is 1. The Bertz CT molecular complexity index is 360. The SMILES string of the molecule is O=C([O-])[C@@H]1CCc2cc(Br)ccc21. The topological polar surface area (TPSA) is 40.1 Å². The van der Waals surface area contributed by atoms with Crippen molar-refractivity contribution < 1.29 is 9.90 Å². The lowest BCUT2D eigenvalue weighted by molar-refractivity contribution is -0.307. The van der Waals surface area contributed by atoms with E-state index in [1.54, 1.807) is 0 Å². The van der Waals surface area contributed by atoms with Crippen LogP contribution in [-0.4, -0.2) is 5.97 Å². The van der Waals surface area contributed by atoms with E-state index in [1.807, 2.05) is 18.2 Å². The summed E-state index contributed by atoms with van der Waals surface area (Å²) in [5, 5.41) is 10.7. The number of carboxylic acid groups (broad SMARTS) is 1. The fourth-order valence-electron chi connectivity index (χ4n) is 1.83. The van der Waals surface area contributed by atoms with Gasteiger partial charge in [-0.05, 0) is 36.1 Å². The highest BCUT2D eigenvalue weighted by Crippen LogP contribution is 2.34. The van der Waals surface area contributed by atoms with E-state index in [-0.39, 0.29) is 0 Å². The van der Waals surface area contributed by atoms with Crippen LogP contribution >= 0.6 is 15.9 Å². The van der Waals surface area contributed by atoms with Crippen molar-refractivity contribution in [2.24, 2.45) is 0 Å². The molecule has 1 atom stereocenters. The molecule has 68 valence electrons. The number of carbonyl (C=O) groups excluding carboxylic acids is 1. The standard InChI is InChI=1S/C10H9BrO2/c11-7-2-4-8-6(5-7)1-3-9(8)10(12)13/h2,4-5,9H,1,3H2,(H,12,13)/p-1/t9-/m1/s1. The maximum Gasteiger partial charge on any atom is 0.0489 e. The number of benzene rings is 1. The van der Waals surface area contributed by atoms with Crippen molar-refractivity contribution in [3.63, 3.8) is 0 Å². The summed E-state index contributed by atoms with van der Waals surface area (Å²) < 4.78 is 1.00. The molecule has 0 fully saturated rings. The predicted octanol–water partition coefficient (Wildman–Crippen LogP) is 1.23. The third-order valence-corrected chi connectivity index (χ3v) is 2.96. The van der Waals surface area contributed by atoms with E-state index >= 15 is 0 Å². The van der Waals surface area contributed by atoms with Gasteiger partial charge in [-0.2, -0.15) is 0 Å². The molecule has 1 aromatic rings. The van der Waals surface area contributed by atoms with Crippen LogP contribution in [0.25, 0.3) is 0 Å². The average molecular weight is 240 g/mol. The molecule has 0 radical (unpaired) electrons. The first-order valence-corrected chi connectivity index (χ1v) is 4.97. The van der Waals surface area contributed by atoms with E-state index in [0.29, 0.717) is 6.42 Å². The van der Waals surface area contributed by atoms with E-state index in [1.165, 1.54) is 0 Å². The Kier molecular flexibility index (Phi) is 2.12. The van der Waals surface area contributed by atoms with Crippen molar-refractivity contribution in [2.75, 3.05) is 0 Å². The maximum absolute atomic E-state index is 10.7. The zero-order chi connectivity index (χ0) is 9.42. The number of halogens is 1. The predicted molar refractivity (Wildman–Crippen MR) is 50.2 cm³/mol. The average Bonchev–Trinajstić information content (AvgIpc) is 2.46. The molecule has 2 rings (SSSR count). The summed E-state index contributed by atoms with van der Waals surface area (Å²) in [5.74, 6) is -1.36. The lowest BCUT2D eigenvalue weighted by Crippen LogP contribution is -2.28. The molecule has 1 aliphatic carbocycles. The molecule has 2 nitrogen and oxygen atoms in total. The highest BCUT2D eigenvalue weighted by atomic mass is 79.9. The van der Waals surface area contributed by atoms with Gasteiger partial charge in [0.2, 0.25) is 0 Å². The number of carboxylic acids is 1. The minimum absolute atomic E-state index is 0.400. The summed E-state index contributed by atoms with van der Waals surface area (Å²) >= 11 is 3.36. The molecular weight excluding hydrogens is 232 g/mol. The van der Waals surface area contributed by atoms with Gasteiger partial charge in [-0.3, -0.25) is 0 Å². The van der Waals surface area contributed by atoms with Gasteiger partial charge in [-0.1, -0.05) is 22.0 Å². The van der Waals surface area contributed by atoms with Crippen molar-refractivity contribution in [2.45, 2.75) is 18.8 Å². The molecule has 0 heterocycles. The van der Waals surface area contributed by atoms with Crippen molar-refractivity contribution >= 4 is 21.9 Å². The summed E-state index contributed by atoms with van der Waals surface area (Å²) in [6.07, 6.45) is 1.52. The van der Waals surface area contributed by atoms with Crippen LogP contribution in [0, 0.1) is 0 Å². The Labute approximate surface area is 84.7 Å². The Hall–Kier alpha value is -0.830. The van der Waals surface area contributed by atoms with Crippen LogP contribution in [0.15, 0.2) is 22.7 Å². The largest absolute Gasteiger partial charge is 0.549 e. The normalized spacial score (nSPS) is 19.9. The van der Waals surface area contributed by atoms with Crippen LogP contribution in [0.2, 0.25) is 0 Å². The van der Waals surface area contributed by atoms with E-state index in [4.69, 9.17) is 0 Å². The van der Waals surface area contributed by atoms with E-state index in [9.17, 15) is 9.90 Å². The van der Waals surface area contributed by atoms with E-state index in [2.05, 4.69) is 15.9 Å². The van der Waals surface area contributed by atoms with Crippen LogP contribution in [0.4, 0.5) is 0 Å². The summed E-state index contributed by atoms with van der Waals surface area (Å²) in [4.78, 5) is 10.7. The minimum atomic E-state index is -0.957. The smallest absolute Gasteiger partial charge is 0.0489 e. The van der Waals surface area contributed by atoms with Gasteiger partial charge in [0.15, 0.2) is 0 Å². The Morgan fingerprint density at radius 2 is 2.31 bits per heavy atom. The molecule has 0 bridgehead atoms. The first-order chi connectivity index (χ1) is 6.18. The van der Waals surface area contributed by atoms with Gasteiger partial charge < -0.3 is 9.90 Å². The molecule has 0 spiro atoms. The highest BCUT2D eigenvalue weighted by molar-refractivity contribution is 9.10. The third kappa shape index (κ3) is 1.48. The number of rotatable bonds is 1. The van der Waals surface area contributed by atoms with Crippen LogP contribution < -0.4 is 5.11 Å². The molecule has 0 saturated carbocycles. The fourth-order valence-corrected chi connectivity index (χ4v) is 2.24. The van der Waals surface area contributed by atoms with Crippen LogP contribution in [0.3, 0.4) is 0 Å². The highest BCUT2D eigenvalue weighted by Gasteiger charge is 2.22. The first-order valence-electron chi connectivity index (χ1n) is 4.17. The third-order valence-electron chi connectivity index (χ3n) is 2.47. The molecule has 0 amide bonds. The molecule has 1 aromatic carbocycles. The quantitative estimate of drug-likeness (QED) is 0.740. The minimum Gasteiger partial charge on any atom is -0.549 e. The van der Waals surface area contributed by atoms with Gasteiger partial charge in [0.05, 0.1) is 0 Å². The van der Waals surface area contributed by atoms with Gasteiger partial charge >= 0.3 is 0 Å².